The fraction of sp³-hybridized carbons (Fsp3) is 0.750. The van der Waals surface area contributed by atoms with Gasteiger partial charge in [-0.2, -0.15) is 0 Å². The van der Waals surface area contributed by atoms with Gasteiger partial charge in [0.25, 0.3) is 0 Å². The van der Waals surface area contributed by atoms with Crippen molar-refractivity contribution in [1.29, 1.82) is 0 Å². The van der Waals surface area contributed by atoms with Gasteiger partial charge < -0.3 is 9.84 Å². The molecular formula is C20H32O3. The van der Waals surface area contributed by atoms with Crippen LogP contribution >= 0.6 is 0 Å². The van der Waals surface area contributed by atoms with Crippen LogP contribution in [0, 0.1) is 29.1 Å². The molecule has 2 fully saturated rings. The van der Waals surface area contributed by atoms with Crippen molar-refractivity contribution < 1.29 is 14.6 Å². The molecule has 0 aliphatic heterocycles. The van der Waals surface area contributed by atoms with Gasteiger partial charge in [0.15, 0.2) is 0 Å². The summed E-state index contributed by atoms with van der Waals surface area (Å²) in [6.07, 6.45) is 8.06. The van der Waals surface area contributed by atoms with Crippen LogP contribution in [0.25, 0.3) is 0 Å². The number of hydrogen-bond donors (Lipinski definition) is 1. The van der Waals surface area contributed by atoms with Gasteiger partial charge in [-0.3, -0.25) is 4.79 Å². The SMILES string of the molecule is C=C/C=C(\C)[C@H]1CC[C@]2(C)[C@@H](O)[C@@H](CCC(=O)OC)C[C@H]2[C@@H]1C. The third kappa shape index (κ3) is 3.40. The van der Waals surface area contributed by atoms with Crippen molar-refractivity contribution in [2.45, 2.75) is 59.0 Å². The zero-order valence-electron chi connectivity index (χ0n) is 15.0. The predicted octanol–water partition coefficient (Wildman–Crippen LogP) is 4.12. The van der Waals surface area contributed by atoms with Crippen LogP contribution in [0.4, 0.5) is 0 Å². The molecule has 2 aliphatic rings. The molecule has 0 aromatic carbocycles. The number of fused-ring (bicyclic) bond motifs is 1. The van der Waals surface area contributed by atoms with Gasteiger partial charge in [-0.05, 0) is 61.7 Å². The number of esters is 1. The van der Waals surface area contributed by atoms with Gasteiger partial charge >= 0.3 is 5.97 Å². The van der Waals surface area contributed by atoms with E-state index in [2.05, 4.69) is 33.4 Å². The van der Waals surface area contributed by atoms with Crippen molar-refractivity contribution in [1.82, 2.24) is 0 Å². The van der Waals surface area contributed by atoms with Crippen molar-refractivity contribution >= 4 is 5.97 Å². The van der Waals surface area contributed by atoms with E-state index in [0.29, 0.717) is 24.2 Å². The molecular weight excluding hydrogens is 288 g/mol. The first-order valence-corrected chi connectivity index (χ1v) is 8.89. The summed E-state index contributed by atoms with van der Waals surface area (Å²) in [5.41, 5.74) is 1.40. The second-order valence-corrected chi connectivity index (χ2v) is 7.82. The quantitative estimate of drug-likeness (QED) is 0.612. The highest BCUT2D eigenvalue weighted by atomic mass is 16.5. The molecule has 0 aromatic rings. The van der Waals surface area contributed by atoms with E-state index in [-0.39, 0.29) is 23.4 Å². The van der Waals surface area contributed by atoms with Crippen molar-refractivity contribution in [3.05, 3.63) is 24.3 Å². The Balaban J connectivity index is 2.11. The summed E-state index contributed by atoms with van der Waals surface area (Å²) in [7, 11) is 1.43. The molecule has 0 amide bonds. The van der Waals surface area contributed by atoms with E-state index in [1.54, 1.807) is 0 Å². The maximum Gasteiger partial charge on any atom is 0.305 e. The largest absolute Gasteiger partial charge is 0.469 e. The summed E-state index contributed by atoms with van der Waals surface area (Å²) in [6, 6.07) is 0. The minimum atomic E-state index is -0.302. The third-order valence-corrected chi connectivity index (χ3v) is 6.70. The van der Waals surface area contributed by atoms with Crippen molar-refractivity contribution in [3.63, 3.8) is 0 Å². The van der Waals surface area contributed by atoms with Gasteiger partial charge in [0.05, 0.1) is 13.2 Å². The Morgan fingerprint density at radius 1 is 1.48 bits per heavy atom. The lowest BCUT2D eigenvalue weighted by molar-refractivity contribution is -0.141. The highest BCUT2D eigenvalue weighted by molar-refractivity contribution is 5.69. The molecule has 0 radical (unpaired) electrons. The third-order valence-electron chi connectivity index (χ3n) is 6.70. The lowest BCUT2D eigenvalue weighted by Crippen LogP contribution is -2.43. The number of carbonyl (C=O) groups is 1. The summed E-state index contributed by atoms with van der Waals surface area (Å²) < 4.78 is 4.75. The van der Waals surface area contributed by atoms with E-state index in [1.807, 2.05) is 6.08 Å². The molecule has 0 spiro atoms. The van der Waals surface area contributed by atoms with Crippen LogP contribution in [0.15, 0.2) is 24.3 Å². The standard InChI is InChI=1S/C20H32O3/c1-6-7-13(2)16-10-11-20(4)17(14(16)3)12-15(19(20)22)8-9-18(21)23-5/h6-7,14-17,19,22H,1,8-12H2,2-5H3/b13-7+/t14-,15+,16-,17+,19+,20+/m1/s1. The number of rotatable bonds is 5. The molecule has 0 bridgehead atoms. The lowest BCUT2D eigenvalue weighted by atomic mass is 9.59. The number of aliphatic hydroxyl groups is 1. The smallest absolute Gasteiger partial charge is 0.305 e. The minimum Gasteiger partial charge on any atom is -0.469 e. The highest BCUT2D eigenvalue weighted by Crippen LogP contribution is 2.59. The van der Waals surface area contributed by atoms with E-state index in [0.717, 1.165) is 25.7 Å². The summed E-state index contributed by atoms with van der Waals surface area (Å²) in [5, 5.41) is 10.9. The zero-order chi connectivity index (χ0) is 17.2. The van der Waals surface area contributed by atoms with Gasteiger partial charge in [0.2, 0.25) is 0 Å². The molecule has 0 saturated heterocycles. The molecule has 0 heterocycles. The molecule has 23 heavy (non-hydrogen) atoms. The first-order valence-electron chi connectivity index (χ1n) is 8.89. The second-order valence-electron chi connectivity index (χ2n) is 7.82. The van der Waals surface area contributed by atoms with Crippen LogP contribution in [-0.2, 0) is 9.53 Å². The van der Waals surface area contributed by atoms with E-state index in [4.69, 9.17) is 4.74 Å². The fourth-order valence-electron chi connectivity index (χ4n) is 5.27. The molecule has 3 nitrogen and oxygen atoms in total. The summed E-state index contributed by atoms with van der Waals surface area (Å²) in [5.74, 6) is 1.70. The summed E-state index contributed by atoms with van der Waals surface area (Å²) in [6.45, 7) is 10.6. The van der Waals surface area contributed by atoms with Crippen LogP contribution in [0.2, 0.25) is 0 Å². The monoisotopic (exact) mass is 320 g/mol. The van der Waals surface area contributed by atoms with Crippen LogP contribution in [0.3, 0.4) is 0 Å². The maximum absolute atomic E-state index is 11.4. The zero-order valence-corrected chi connectivity index (χ0v) is 15.0. The van der Waals surface area contributed by atoms with Crippen LogP contribution < -0.4 is 0 Å². The summed E-state index contributed by atoms with van der Waals surface area (Å²) >= 11 is 0. The van der Waals surface area contributed by atoms with Crippen LogP contribution in [0.1, 0.15) is 52.9 Å². The Bertz CT molecular complexity index is 481. The van der Waals surface area contributed by atoms with Gasteiger partial charge in [-0.1, -0.05) is 38.2 Å². The molecule has 0 unspecified atom stereocenters. The van der Waals surface area contributed by atoms with Gasteiger partial charge in [0, 0.05) is 6.42 Å². The fourth-order valence-corrected chi connectivity index (χ4v) is 5.27. The number of methoxy groups -OCH3 is 1. The van der Waals surface area contributed by atoms with Crippen molar-refractivity contribution in [3.8, 4) is 0 Å². The Morgan fingerprint density at radius 2 is 2.17 bits per heavy atom. The average Bonchev–Trinajstić information content (AvgIpc) is 2.78. The average molecular weight is 320 g/mol. The van der Waals surface area contributed by atoms with E-state index in [9.17, 15) is 9.90 Å². The molecule has 2 rings (SSSR count). The Hall–Kier alpha value is -1.09. The van der Waals surface area contributed by atoms with E-state index < -0.39 is 0 Å². The number of aliphatic hydroxyl groups excluding tert-OH is 1. The van der Waals surface area contributed by atoms with E-state index in [1.165, 1.54) is 12.7 Å². The summed E-state index contributed by atoms with van der Waals surface area (Å²) in [4.78, 5) is 11.4. The second kappa shape index (κ2) is 7.21. The Morgan fingerprint density at radius 3 is 2.78 bits per heavy atom. The molecule has 3 heteroatoms. The molecule has 2 aliphatic carbocycles. The molecule has 1 N–H and O–H groups in total. The number of allylic oxidation sites excluding steroid dienone is 3. The Labute approximate surface area is 140 Å². The molecule has 130 valence electrons. The van der Waals surface area contributed by atoms with Gasteiger partial charge in [0.1, 0.15) is 0 Å². The van der Waals surface area contributed by atoms with Crippen LogP contribution in [-0.4, -0.2) is 24.3 Å². The first kappa shape index (κ1) is 18.3. The molecule has 0 aromatic heterocycles. The van der Waals surface area contributed by atoms with Gasteiger partial charge in [-0.15, -0.1) is 0 Å². The predicted molar refractivity (Wildman–Crippen MR) is 92.8 cm³/mol. The van der Waals surface area contributed by atoms with Crippen molar-refractivity contribution in [2.24, 2.45) is 29.1 Å². The number of hydrogen-bond acceptors (Lipinski definition) is 3. The minimum absolute atomic E-state index is 0.00877. The molecule has 6 atom stereocenters. The number of carbonyl (C=O) groups excluding carboxylic acids is 1. The molecule has 2 saturated carbocycles. The van der Waals surface area contributed by atoms with Crippen LogP contribution in [0.5, 0.6) is 0 Å². The lowest BCUT2D eigenvalue weighted by Gasteiger charge is -2.47. The van der Waals surface area contributed by atoms with E-state index >= 15 is 0 Å². The van der Waals surface area contributed by atoms with Gasteiger partial charge in [-0.25, -0.2) is 0 Å². The normalized spacial score (nSPS) is 40.6. The highest BCUT2D eigenvalue weighted by Gasteiger charge is 2.55. The number of ether oxygens (including phenoxy) is 1. The first-order chi connectivity index (χ1) is 10.8. The van der Waals surface area contributed by atoms with Crippen molar-refractivity contribution in [2.75, 3.05) is 7.11 Å². The maximum atomic E-state index is 11.4. The topological polar surface area (TPSA) is 46.5 Å². The Kier molecular flexibility index (Phi) is 5.72.